The van der Waals surface area contributed by atoms with Gasteiger partial charge in [-0.25, -0.2) is 8.78 Å². The van der Waals surface area contributed by atoms with Crippen LogP contribution in [0.1, 0.15) is 16.7 Å². The molecule has 0 aliphatic heterocycles. The largest absolute Gasteiger partial charge is 0.416 e. The van der Waals surface area contributed by atoms with E-state index in [0.717, 1.165) is 48.5 Å². The van der Waals surface area contributed by atoms with Crippen molar-refractivity contribution in [1.82, 2.24) is 0 Å². The van der Waals surface area contributed by atoms with Crippen molar-refractivity contribution in [3.63, 3.8) is 0 Å². The third-order valence-corrected chi connectivity index (χ3v) is 6.35. The average Bonchev–Trinajstić information content (AvgIpc) is 2.78. The highest BCUT2D eigenvalue weighted by Gasteiger charge is 2.38. The van der Waals surface area contributed by atoms with Crippen molar-refractivity contribution in [1.29, 1.82) is 0 Å². The molecule has 4 aromatic rings. The van der Waals surface area contributed by atoms with Gasteiger partial charge in [-0.2, -0.15) is 48.2 Å². The molecule has 4 aromatic carbocycles. The first kappa shape index (κ1) is 25.5. The monoisotopic (exact) mass is 505 g/mol. The molecule has 36 heavy (non-hydrogen) atoms. The van der Waals surface area contributed by atoms with Crippen molar-refractivity contribution >= 4 is 28.0 Å². The predicted octanol–water partition coefficient (Wildman–Crippen LogP) is 5.69. The molecule has 4 rings (SSSR count). The normalized spacial score (nSPS) is 12.6. The molecule has 0 heterocycles. The van der Waals surface area contributed by atoms with E-state index in [0.29, 0.717) is 17.1 Å². The van der Waals surface area contributed by atoms with Crippen molar-refractivity contribution < 1.29 is 35.1 Å². The van der Waals surface area contributed by atoms with Gasteiger partial charge < -0.3 is 0 Å². The standard InChI is InChI=1S/C27H18BF8/c1-17-5-2-8-20(11-17)28(23-14-24(29)16-25(30)15-23,21-9-3-6-18(12-21)26(31,32)33)22-10-4-7-19(13-22)27(34,35)36/h2-16H,1H3/q-1. The van der Waals surface area contributed by atoms with Gasteiger partial charge in [0.1, 0.15) is 17.8 Å². The lowest BCUT2D eigenvalue weighted by molar-refractivity contribution is -0.138. The van der Waals surface area contributed by atoms with Crippen LogP contribution in [0.15, 0.2) is 91.0 Å². The maximum absolute atomic E-state index is 14.5. The Balaban J connectivity index is 2.22. The SMILES string of the molecule is Cc1cccc([B-](c2cc(F)cc(F)c2)(c2cccc(C(F)(F)F)c2)c2cccc(C(F)(F)F)c2)c1. The number of aryl methyl sites for hydroxylation is 1. The summed E-state index contributed by atoms with van der Waals surface area (Å²) in [6.07, 6.45) is -12.4. The van der Waals surface area contributed by atoms with Crippen LogP contribution < -0.4 is 21.9 Å². The molecule has 0 N–H and O–H groups in total. The number of halogens is 8. The number of alkyl halides is 6. The van der Waals surface area contributed by atoms with Crippen LogP contribution in [0.5, 0.6) is 0 Å². The Morgan fingerprint density at radius 1 is 0.500 bits per heavy atom. The second kappa shape index (κ2) is 9.11. The summed E-state index contributed by atoms with van der Waals surface area (Å²) < 4.78 is 111. The van der Waals surface area contributed by atoms with Gasteiger partial charge in [-0.3, -0.25) is 0 Å². The van der Waals surface area contributed by atoms with Crippen LogP contribution in [0.25, 0.3) is 0 Å². The first-order valence-electron chi connectivity index (χ1n) is 10.9. The van der Waals surface area contributed by atoms with Gasteiger partial charge in [0.05, 0.1) is 11.1 Å². The Kier molecular flexibility index (Phi) is 6.45. The highest BCUT2D eigenvalue weighted by molar-refractivity contribution is 7.19. The van der Waals surface area contributed by atoms with Crippen molar-refractivity contribution in [2.45, 2.75) is 19.3 Å². The van der Waals surface area contributed by atoms with Crippen LogP contribution >= 0.6 is 0 Å². The third kappa shape index (κ3) is 4.74. The molecular formula is C27H18BF8-. The summed E-state index contributed by atoms with van der Waals surface area (Å²) in [5, 5.41) is 0. The molecule has 0 saturated carbocycles. The molecule has 186 valence electrons. The molecule has 9 heteroatoms. The molecular weight excluding hydrogens is 487 g/mol. The van der Waals surface area contributed by atoms with Gasteiger partial charge in [-0.1, -0.05) is 90.5 Å². The lowest BCUT2D eigenvalue weighted by Gasteiger charge is -2.45. The number of hydrogen-bond acceptors (Lipinski definition) is 0. The van der Waals surface area contributed by atoms with Gasteiger partial charge in [0.2, 0.25) is 0 Å². The molecule has 0 nitrogen and oxygen atoms in total. The lowest BCUT2D eigenvalue weighted by atomic mass is 9.13. The maximum Gasteiger partial charge on any atom is 0.416 e. The van der Waals surface area contributed by atoms with E-state index < -0.39 is 41.3 Å². The summed E-state index contributed by atoms with van der Waals surface area (Å²) in [6, 6.07) is 17.2. The minimum atomic E-state index is -4.76. The van der Waals surface area contributed by atoms with E-state index in [4.69, 9.17) is 0 Å². The summed E-state index contributed by atoms with van der Waals surface area (Å²) >= 11 is 0. The fourth-order valence-electron chi connectivity index (χ4n) is 4.89. The molecule has 0 radical (unpaired) electrons. The highest BCUT2D eigenvalue weighted by Crippen LogP contribution is 2.30. The summed E-state index contributed by atoms with van der Waals surface area (Å²) in [6.45, 7) is 1.70. The molecule has 0 aromatic heterocycles. The summed E-state index contributed by atoms with van der Waals surface area (Å²) in [5.74, 6) is -2.02. The molecule has 0 fully saturated rings. The Labute approximate surface area is 202 Å². The smallest absolute Gasteiger partial charge is 0.207 e. The number of benzene rings is 4. The molecule has 0 spiro atoms. The highest BCUT2D eigenvalue weighted by atomic mass is 19.4. The second-order valence-corrected chi connectivity index (χ2v) is 8.73. The van der Waals surface area contributed by atoms with Gasteiger partial charge in [0.25, 0.3) is 0 Å². The molecule has 0 aliphatic rings. The molecule has 0 bridgehead atoms. The summed E-state index contributed by atoms with van der Waals surface area (Å²) in [4.78, 5) is 0. The van der Waals surface area contributed by atoms with E-state index in [9.17, 15) is 35.1 Å². The van der Waals surface area contributed by atoms with E-state index in [1.807, 2.05) is 0 Å². The topological polar surface area (TPSA) is 0 Å². The fourth-order valence-corrected chi connectivity index (χ4v) is 4.89. The van der Waals surface area contributed by atoms with Gasteiger partial charge >= 0.3 is 12.4 Å². The first-order chi connectivity index (χ1) is 16.8. The van der Waals surface area contributed by atoms with Crippen LogP contribution in [0.3, 0.4) is 0 Å². The number of rotatable bonds is 4. The van der Waals surface area contributed by atoms with Crippen LogP contribution in [-0.4, -0.2) is 6.15 Å². The molecule has 0 atom stereocenters. The van der Waals surface area contributed by atoms with E-state index >= 15 is 0 Å². The lowest BCUT2D eigenvalue weighted by Crippen LogP contribution is -2.75. The van der Waals surface area contributed by atoms with Gasteiger partial charge in [0, 0.05) is 6.07 Å². The van der Waals surface area contributed by atoms with E-state index in [1.165, 1.54) is 18.2 Å². The van der Waals surface area contributed by atoms with Crippen LogP contribution in [0, 0.1) is 18.6 Å². The van der Waals surface area contributed by atoms with Crippen molar-refractivity contribution in [3.05, 3.63) is 119 Å². The minimum absolute atomic E-state index is 0.0419. The predicted molar refractivity (Wildman–Crippen MR) is 125 cm³/mol. The molecule has 0 amide bonds. The van der Waals surface area contributed by atoms with Crippen molar-refractivity contribution in [3.8, 4) is 0 Å². The quantitative estimate of drug-likeness (QED) is 0.247. The molecule has 0 saturated heterocycles. The minimum Gasteiger partial charge on any atom is -0.207 e. The van der Waals surface area contributed by atoms with Crippen LogP contribution in [0.2, 0.25) is 0 Å². The zero-order valence-electron chi connectivity index (χ0n) is 18.8. The summed E-state index contributed by atoms with van der Waals surface area (Å²) in [7, 11) is 0. The van der Waals surface area contributed by atoms with Gasteiger partial charge in [-0.15, -0.1) is 0 Å². The van der Waals surface area contributed by atoms with Crippen molar-refractivity contribution in [2.24, 2.45) is 0 Å². The Morgan fingerprint density at radius 2 is 0.917 bits per heavy atom. The van der Waals surface area contributed by atoms with Crippen molar-refractivity contribution in [2.75, 3.05) is 0 Å². The van der Waals surface area contributed by atoms with Gasteiger partial charge in [-0.05, 0) is 6.92 Å². The zero-order valence-corrected chi connectivity index (χ0v) is 18.8. The van der Waals surface area contributed by atoms with Gasteiger partial charge in [0.15, 0.2) is 0 Å². The zero-order chi connectivity index (χ0) is 26.3. The fraction of sp³-hybridized carbons (Fsp3) is 0.111. The third-order valence-electron chi connectivity index (χ3n) is 6.35. The van der Waals surface area contributed by atoms with E-state index in [-0.39, 0.29) is 16.4 Å². The van der Waals surface area contributed by atoms with Crippen LogP contribution in [-0.2, 0) is 12.4 Å². The Morgan fingerprint density at radius 3 is 1.33 bits per heavy atom. The van der Waals surface area contributed by atoms with E-state index in [2.05, 4.69) is 0 Å². The number of hydrogen-bond donors (Lipinski definition) is 0. The molecule has 0 unspecified atom stereocenters. The second-order valence-electron chi connectivity index (χ2n) is 8.73. The molecule has 0 aliphatic carbocycles. The van der Waals surface area contributed by atoms with Crippen LogP contribution in [0.4, 0.5) is 35.1 Å². The summed E-state index contributed by atoms with van der Waals surface area (Å²) in [5.41, 5.74) is -1.30. The first-order valence-corrected chi connectivity index (χ1v) is 10.9. The maximum atomic E-state index is 14.5. The average molecular weight is 505 g/mol. The Bertz CT molecular complexity index is 1330. The van der Waals surface area contributed by atoms with E-state index in [1.54, 1.807) is 25.1 Å². The Hall–Kier alpha value is -3.62.